The van der Waals surface area contributed by atoms with Crippen LogP contribution in [0.3, 0.4) is 0 Å². The van der Waals surface area contributed by atoms with Crippen molar-refractivity contribution in [1.29, 1.82) is 0 Å². The van der Waals surface area contributed by atoms with E-state index in [0.717, 1.165) is 5.56 Å². The van der Waals surface area contributed by atoms with Gasteiger partial charge in [-0.15, -0.1) is 0 Å². The van der Waals surface area contributed by atoms with E-state index < -0.39 is 11.8 Å². The Kier molecular flexibility index (Phi) is 6.02. The highest BCUT2D eigenvalue weighted by Gasteiger charge is 2.17. The van der Waals surface area contributed by atoms with Gasteiger partial charge in [0, 0.05) is 26.7 Å². The third kappa shape index (κ3) is 5.52. The molecule has 0 aliphatic heterocycles. The largest absolute Gasteiger partial charge is 0.347 e. The number of hydrogen-bond donors (Lipinski definition) is 1. The van der Waals surface area contributed by atoms with Gasteiger partial charge in [-0.1, -0.05) is 30.3 Å². The highest BCUT2D eigenvalue weighted by molar-refractivity contribution is 6.34. The van der Waals surface area contributed by atoms with E-state index in [1.165, 1.54) is 4.90 Å². The number of hydrogen-bond acceptors (Lipinski definition) is 3. The third-order valence-electron chi connectivity index (χ3n) is 2.65. The summed E-state index contributed by atoms with van der Waals surface area (Å²) in [5.41, 5.74) is 0.999. The van der Waals surface area contributed by atoms with Crippen LogP contribution in [0.4, 0.5) is 0 Å². The number of nitrogens with one attached hydrogen (secondary N) is 1. The van der Waals surface area contributed by atoms with Crippen LogP contribution in [0, 0.1) is 0 Å². The fourth-order valence-corrected chi connectivity index (χ4v) is 1.57. The molecule has 5 heteroatoms. The lowest BCUT2D eigenvalue weighted by Gasteiger charge is -2.17. The van der Waals surface area contributed by atoms with Crippen molar-refractivity contribution >= 4 is 11.8 Å². The first-order valence-electron chi connectivity index (χ1n) is 6.22. The fourth-order valence-electron chi connectivity index (χ4n) is 1.57. The van der Waals surface area contributed by atoms with Gasteiger partial charge in [0.25, 0.3) is 0 Å². The van der Waals surface area contributed by atoms with Crippen molar-refractivity contribution in [3.05, 3.63) is 35.9 Å². The first-order valence-corrected chi connectivity index (χ1v) is 6.22. The molecule has 2 amide bonds. The van der Waals surface area contributed by atoms with E-state index in [0.29, 0.717) is 19.6 Å². The first-order chi connectivity index (χ1) is 9.00. The van der Waals surface area contributed by atoms with Crippen molar-refractivity contribution in [2.45, 2.75) is 6.54 Å². The maximum Gasteiger partial charge on any atom is 0.311 e. The van der Waals surface area contributed by atoms with E-state index in [4.69, 9.17) is 0 Å². The van der Waals surface area contributed by atoms with Gasteiger partial charge in [0.05, 0.1) is 0 Å². The molecule has 0 saturated heterocycles. The summed E-state index contributed by atoms with van der Waals surface area (Å²) in [6, 6.07) is 9.58. The van der Waals surface area contributed by atoms with E-state index in [9.17, 15) is 9.59 Å². The SMILES string of the molecule is CN(C)CCNC(=O)C(=O)N(C)Cc1ccccc1. The standard InChI is InChI=1S/C14H21N3O2/c1-16(2)10-9-15-13(18)14(19)17(3)11-12-7-5-4-6-8-12/h4-8H,9-11H2,1-3H3,(H,15,18). The number of carbonyl (C=O) groups is 2. The minimum atomic E-state index is -0.555. The number of rotatable bonds is 5. The summed E-state index contributed by atoms with van der Waals surface area (Å²) in [5.74, 6) is -1.07. The van der Waals surface area contributed by atoms with Gasteiger partial charge in [-0.25, -0.2) is 0 Å². The minimum Gasteiger partial charge on any atom is -0.347 e. The smallest absolute Gasteiger partial charge is 0.311 e. The van der Waals surface area contributed by atoms with Crippen LogP contribution in [-0.2, 0) is 16.1 Å². The average Bonchev–Trinajstić information content (AvgIpc) is 2.38. The molecular weight excluding hydrogens is 242 g/mol. The minimum absolute atomic E-state index is 0.431. The summed E-state index contributed by atoms with van der Waals surface area (Å²) >= 11 is 0. The summed E-state index contributed by atoms with van der Waals surface area (Å²) in [7, 11) is 5.45. The van der Waals surface area contributed by atoms with Crippen LogP contribution in [-0.4, -0.2) is 55.8 Å². The van der Waals surface area contributed by atoms with Gasteiger partial charge >= 0.3 is 11.8 Å². The Morgan fingerprint density at radius 3 is 2.32 bits per heavy atom. The molecule has 0 aliphatic rings. The molecule has 0 radical (unpaired) electrons. The van der Waals surface area contributed by atoms with Crippen molar-refractivity contribution < 1.29 is 9.59 Å². The Bertz CT molecular complexity index is 418. The summed E-state index contributed by atoms with van der Waals surface area (Å²) in [6.45, 7) is 1.61. The maximum atomic E-state index is 11.8. The van der Waals surface area contributed by atoms with Crippen LogP contribution >= 0.6 is 0 Å². The molecule has 0 heterocycles. The number of likely N-dealkylation sites (N-methyl/N-ethyl adjacent to an activating group) is 2. The van der Waals surface area contributed by atoms with E-state index in [2.05, 4.69) is 5.32 Å². The molecule has 0 spiro atoms. The second kappa shape index (κ2) is 7.53. The number of nitrogens with zero attached hydrogens (tertiary/aromatic N) is 2. The average molecular weight is 263 g/mol. The second-order valence-corrected chi connectivity index (χ2v) is 4.71. The summed E-state index contributed by atoms with van der Waals surface area (Å²) in [5, 5.41) is 2.61. The van der Waals surface area contributed by atoms with Crippen LogP contribution in [0.2, 0.25) is 0 Å². The van der Waals surface area contributed by atoms with Gasteiger partial charge < -0.3 is 15.1 Å². The van der Waals surface area contributed by atoms with E-state index >= 15 is 0 Å². The lowest BCUT2D eigenvalue weighted by molar-refractivity contribution is -0.145. The Morgan fingerprint density at radius 1 is 1.11 bits per heavy atom. The molecule has 1 aromatic rings. The molecule has 0 aromatic heterocycles. The zero-order chi connectivity index (χ0) is 14.3. The molecule has 1 aromatic carbocycles. The lowest BCUT2D eigenvalue weighted by atomic mass is 10.2. The Balaban J connectivity index is 2.41. The molecule has 5 nitrogen and oxygen atoms in total. The lowest BCUT2D eigenvalue weighted by Crippen LogP contribution is -2.42. The van der Waals surface area contributed by atoms with Gasteiger partial charge in [-0.3, -0.25) is 9.59 Å². The topological polar surface area (TPSA) is 52.7 Å². The quantitative estimate of drug-likeness (QED) is 0.779. The predicted molar refractivity (Wildman–Crippen MR) is 74.5 cm³/mol. The van der Waals surface area contributed by atoms with Crippen molar-refractivity contribution in [3.63, 3.8) is 0 Å². The monoisotopic (exact) mass is 263 g/mol. The number of carbonyl (C=O) groups excluding carboxylic acids is 2. The van der Waals surface area contributed by atoms with Crippen LogP contribution in [0.5, 0.6) is 0 Å². The number of amides is 2. The van der Waals surface area contributed by atoms with Crippen molar-refractivity contribution in [2.24, 2.45) is 0 Å². The molecule has 0 saturated carbocycles. The molecule has 0 atom stereocenters. The van der Waals surface area contributed by atoms with Crippen molar-refractivity contribution in [2.75, 3.05) is 34.2 Å². The van der Waals surface area contributed by atoms with E-state index in [-0.39, 0.29) is 0 Å². The van der Waals surface area contributed by atoms with Crippen molar-refractivity contribution in [1.82, 2.24) is 15.1 Å². The van der Waals surface area contributed by atoms with Gasteiger partial charge in [-0.2, -0.15) is 0 Å². The number of benzene rings is 1. The summed E-state index contributed by atoms with van der Waals surface area (Å²) in [4.78, 5) is 26.8. The van der Waals surface area contributed by atoms with E-state index in [1.807, 2.05) is 49.3 Å². The molecular formula is C14H21N3O2. The van der Waals surface area contributed by atoms with Gasteiger partial charge in [0.1, 0.15) is 0 Å². The molecule has 0 aliphatic carbocycles. The van der Waals surface area contributed by atoms with Gasteiger partial charge in [0.2, 0.25) is 0 Å². The molecule has 19 heavy (non-hydrogen) atoms. The zero-order valence-corrected chi connectivity index (χ0v) is 11.7. The zero-order valence-electron chi connectivity index (χ0n) is 11.7. The summed E-state index contributed by atoms with van der Waals surface area (Å²) in [6.07, 6.45) is 0. The highest BCUT2D eigenvalue weighted by atomic mass is 16.2. The fraction of sp³-hybridized carbons (Fsp3) is 0.429. The molecule has 1 N–H and O–H groups in total. The maximum absolute atomic E-state index is 11.8. The normalized spacial score (nSPS) is 10.3. The van der Waals surface area contributed by atoms with E-state index in [1.54, 1.807) is 7.05 Å². The highest BCUT2D eigenvalue weighted by Crippen LogP contribution is 2.02. The first kappa shape index (κ1) is 15.2. The molecule has 1 rings (SSSR count). The van der Waals surface area contributed by atoms with Crippen LogP contribution < -0.4 is 5.32 Å². The van der Waals surface area contributed by atoms with Gasteiger partial charge in [0.15, 0.2) is 0 Å². The van der Waals surface area contributed by atoms with Crippen LogP contribution in [0.1, 0.15) is 5.56 Å². The van der Waals surface area contributed by atoms with Crippen molar-refractivity contribution in [3.8, 4) is 0 Å². The Labute approximate surface area is 114 Å². The Morgan fingerprint density at radius 2 is 1.74 bits per heavy atom. The third-order valence-corrected chi connectivity index (χ3v) is 2.65. The predicted octanol–water partition coefficient (Wildman–Crippen LogP) is 0.323. The Hall–Kier alpha value is -1.88. The molecule has 0 unspecified atom stereocenters. The molecule has 0 fully saturated rings. The second-order valence-electron chi connectivity index (χ2n) is 4.71. The molecule has 104 valence electrons. The van der Waals surface area contributed by atoms with Gasteiger partial charge in [-0.05, 0) is 19.7 Å². The molecule has 0 bridgehead atoms. The summed E-state index contributed by atoms with van der Waals surface area (Å²) < 4.78 is 0. The van der Waals surface area contributed by atoms with Crippen LogP contribution in [0.25, 0.3) is 0 Å². The van der Waals surface area contributed by atoms with Crippen LogP contribution in [0.15, 0.2) is 30.3 Å².